The summed E-state index contributed by atoms with van der Waals surface area (Å²) < 4.78 is 4.97. The van der Waals surface area contributed by atoms with E-state index >= 15 is 0 Å². The maximum atomic E-state index is 12.0. The van der Waals surface area contributed by atoms with Crippen molar-refractivity contribution < 1.29 is 14.3 Å². The van der Waals surface area contributed by atoms with Gasteiger partial charge in [0.05, 0.1) is 0 Å². The first kappa shape index (κ1) is 10.1. The summed E-state index contributed by atoms with van der Waals surface area (Å²) in [6, 6.07) is 9.17. The van der Waals surface area contributed by atoms with Gasteiger partial charge in [-0.2, -0.15) is 0 Å². The lowest BCUT2D eigenvalue weighted by atomic mass is 10.1. The van der Waals surface area contributed by atoms with Crippen LogP contribution in [-0.4, -0.2) is 23.5 Å². The molecular formula is C13H11NO3. The van der Waals surface area contributed by atoms with Gasteiger partial charge in [0, 0.05) is 5.57 Å². The van der Waals surface area contributed by atoms with E-state index in [1.54, 1.807) is 0 Å². The molecule has 1 aromatic carbocycles. The molecule has 0 bridgehead atoms. The van der Waals surface area contributed by atoms with Gasteiger partial charge in [-0.1, -0.05) is 36.4 Å². The second-order valence-electron chi connectivity index (χ2n) is 4.11. The summed E-state index contributed by atoms with van der Waals surface area (Å²) in [7, 11) is 0. The van der Waals surface area contributed by atoms with Crippen LogP contribution in [0.25, 0.3) is 0 Å². The van der Waals surface area contributed by atoms with Crippen LogP contribution in [0.15, 0.2) is 42.0 Å². The zero-order valence-corrected chi connectivity index (χ0v) is 9.13. The first-order chi connectivity index (χ1) is 8.27. The van der Waals surface area contributed by atoms with Crippen molar-refractivity contribution in [3.63, 3.8) is 0 Å². The third kappa shape index (κ3) is 1.71. The molecule has 1 aliphatic carbocycles. The second kappa shape index (κ2) is 3.73. The fraction of sp³-hybridized carbons (Fsp3) is 0.231. The highest BCUT2D eigenvalue weighted by atomic mass is 16.6. The van der Waals surface area contributed by atoms with Crippen molar-refractivity contribution in [2.24, 2.45) is 0 Å². The van der Waals surface area contributed by atoms with E-state index in [-0.39, 0.29) is 18.6 Å². The van der Waals surface area contributed by atoms with Crippen LogP contribution in [-0.2, 0) is 9.53 Å². The summed E-state index contributed by atoms with van der Waals surface area (Å²) in [5.41, 5.74) is 1.62. The number of benzene rings is 1. The van der Waals surface area contributed by atoms with Gasteiger partial charge in [0.2, 0.25) is 0 Å². The lowest BCUT2D eigenvalue weighted by molar-refractivity contribution is -0.124. The van der Waals surface area contributed by atoms with E-state index in [1.807, 2.05) is 36.4 Å². The van der Waals surface area contributed by atoms with Gasteiger partial charge < -0.3 is 4.74 Å². The highest BCUT2D eigenvalue weighted by molar-refractivity contribution is 6.06. The first-order valence-corrected chi connectivity index (χ1v) is 5.51. The number of cyclic esters (lactones) is 1. The fourth-order valence-corrected chi connectivity index (χ4v) is 1.95. The average Bonchev–Trinajstić information content (AvgIpc) is 3.13. The van der Waals surface area contributed by atoms with Gasteiger partial charge in [-0.25, -0.2) is 9.69 Å². The Hall–Kier alpha value is -2.10. The summed E-state index contributed by atoms with van der Waals surface area (Å²) in [6.45, 7) is 0.238. The molecule has 1 aliphatic heterocycles. The monoisotopic (exact) mass is 229 g/mol. The van der Waals surface area contributed by atoms with Crippen molar-refractivity contribution in [1.82, 2.24) is 4.90 Å². The van der Waals surface area contributed by atoms with Crippen LogP contribution in [0.4, 0.5) is 4.79 Å². The van der Waals surface area contributed by atoms with Crippen molar-refractivity contribution in [2.45, 2.75) is 12.5 Å². The molecule has 86 valence electrons. The molecule has 3 rings (SSSR count). The summed E-state index contributed by atoms with van der Waals surface area (Å²) in [4.78, 5) is 24.8. The van der Waals surface area contributed by atoms with E-state index in [0.29, 0.717) is 12.0 Å². The maximum absolute atomic E-state index is 12.0. The number of carbonyl (C=O) groups is 2. The third-order valence-electron chi connectivity index (χ3n) is 2.96. The topological polar surface area (TPSA) is 46.6 Å². The van der Waals surface area contributed by atoms with Gasteiger partial charge in [-0.05, 0) is 12.0 Å². The smallest absolute Gasteiger partial charge is 0.417 e. The van der Waals surface area contributed by atoms with E-state index in [1.165, 1.54) is 4.90 Å². The van der Waals surface area contributed by atoms with E-state index in [0.717, 1.165) is 5.56 Å². The molecule has 2 amide bonds. The molecule has 0 radical (unpaired) electrons. The number of rotatable bonds is 2. The van der Waals surface area contributed by atoms with Gasteiger partial charge >= 0.3 is 6.09 Å². The zero-order chi connectivity index (χ0) is 11.8. The minimum absolute atomic E-state index is 0.221. The Morgan fingerprint density at radius 1 is 1.29 bits per heavy atom. The van der Waals surface area contributed by atoms with Gasteiger partial charge in [-0.15, -0.1) is 0 Å². The molecule has 1 heterocycles. The molecule has 0 N–H and O–H groups in total. The van der Waals surface area contributed by atoms with Crippen LogP contribution in [0.1, 0.15) is 18.0 Å². The van der Waals surface area contributed by atoms with E-state index < -0.39 is 6.09 Å². The Labute approximate surface area is 98.5 Å². The first-order valence-electron chi connectivity index (χ1n) is 5.51. The number of carbonyl (C=O) groups excluding carboxylic acids is 2. The van der Waals surface area contributed by atoms with Crippen molar-refractivity contribution >= 4 is 12.0 Å². The molecule has 2 aliphatic rings. The van der Waals surface area contributed by atoms with Crippen molar-refractivity contribution in [3.05, 3.63) is 47.5 Å². The molecule has 1 atom stereocenters. The number of allylic oxidation sites excluding steroid dienone is 1. The van der Waals surface area contributed by atoms with Crippen LogP contribution in [0.2, 0.25) is 0 Å². The van der Waals surface area contributed by atoms with E-state index in [2.05, 4.69) is 0 Å². The SMILES string of the molecule is O=C1OC[C@H](c2ccccc2)N1C(=O)C1=CC1. The van der Waals surface area contributed by atoms with Crippen LogP contribution >= 0.6 is 0 Å². The summed E-state index contributed by atoms with van der Waals surface area (Å²) in [5.74, 6) is -0.221. The third-order valence-corrected chi connectivity index (χ3v) is 2.96. The summed E-state index contributed by atoms with van der Waals surface area (Å²) >= 11 is 0. The Bertz CT molecular complexity index is 507. The molecule has 0 aromatic heterocycles. The van der Waals surface area contributed by atoms with Crippen LogP contribution in [0.5, 0.6) is 0 Å². The molecular weight excluding hydrogens is 218 g/mol. The highest BCUT2D eigenvalue weighted by Gasteiger charge is 2.41. The Kier molecular flexibility index (Phi) is 2.21. The average molecular weight is 229 g/mol. The van der Waals surface area contributed by atoms with Crippen LogP contribution in [0.3, 0.4) is 0 Å². The second-order valence-corrected chi connectivity index (χ2v) is 4.11. The summed E-state index contributed by atoms with van der Waals surface area (Å²) in [5, 5.41) is 0. The van der Waals surface area contributed by atoms with Gasteiger partial charge in [0.1, 0.15) is 12.6 Å². The predicted octanol–water partition coefficient (Wildman–Crippen LogP) is 2.04. The molecule has 17 heavy (non-hydrogen) atoms. The molecule has 4 heteroatoms. The number of ether oxygens (including phenoxy) is 1. The normalized spacial score (nSPS) is 22.1. The molecule has 1 saturated heterocycles. The van der Waals surface area contributed by atoms with Gasteiger partial charge in [-0.3, -0.25) is 4.79 Å². The molecule has 1 fully saturated rings. The lowest BCUT2D eigenvalue weighted by Gasteiger charge is -2.18. The van der Waals surface area contributed by atoms with Gasteiger partial charge in [0.15, 0.2) is 0 Å². The van der Waals surface area contributed by atoms with Crippen LogP contribution in [0, 0.1) is 0 Å². The quantitative estimate of drug-likeness (QED) is 0.779. The predicted molar refractivity (Wildman–Crippen MR) is 60.1 cm³/mol. The number of hydrogen-bond acceptors (Lipinski definition) is 3. The van der Waals surface area contributed by atoms with Gasteiger partial charge in [0.25, 0.3) is 5.91 Å². The Balaban J connectivity index is 1.91. The van der Waals surface area contributed by atoms with E-state index in [9.17, 15) is 9.59 Å². The largest absolute Gasteiger partial charge is 0.446 e. The number of hydrogen-bond donors (Lipinski definition) is 0. The molecule has 4 nitrogen and oxygen atoms in total. The van der Waals surface area contributed by atoms with Crippen molar-refractivity contribution in [3.8, 4) is 0 Å². The Morgan fingerprint density at radius 2 is 2.00 bits per heavy atom. The van der Waals surface area contributed by atoms with E-state index in [4.69, 9.17) is 4.74 Å². The molecule has 0 spiro atoms. The number of nitrogens with zero attached hydrogens (tertiary/aromatic N) is 1. The minimum atomic E-state index is -0.545. The highest BCUT2D eigenvalue weighted by Crippen LogP contribution is 2.32. The molecule has 1 aromatic rings. The summed E-state index contributed by atoms with van der Waals surface area (Å²) in [6.07, 6.45) is 1.96. The number of amides is 2. The zero-order valence-electron chi connectivity index (χ0n) is 9.13. The molecule has 0 saturated carbocycles. The minimum Gasteiger partial charge on any atom is -0.446 e. The van der Waals surface area contributed by atoms with Crippen LogP contribution < -0.4 is 0 Å². The Morgan fingerprint density at radius 3 is 2.65 bits per heavy atom. The van der Waals surface area contributed by atoms with Crippen molar-refractivity contribution in [2.75, 3.05) is 6.61 Å². The molecule has 0 unspecified atom stereocenters. The fourth-order valence-electron chi connectivity index (χ4n) is 1.95. The number of imide groups is 1. The maximum Gasteiger partial charge on any atom is 0.417 e. The standard InChI is InChI=1S/C13H11NO3/c15-12(10-6-7-10)14-11(8-17-13(14)16)9-4-2-1-3-5-9/h1-6,11H,7-8H2/t11-/m1/s1. The lowest BCUT2D eigenvalue weighted by Crippen LogP contribution is -2.33. The van der Waals surface area contributed by atoms with Crippen molar-refractivity contribution in [1.29, 1.82) is 0 Å².